The van der Waals surface area contributed by atoms with E-state index in [1.165, 1.54) is 17.4 Å². The van der Waals surface area contributed by atoms with Crippen LogP contribution in [0.3, 0.4) is 0 Å². The molecule has 1 unspecified atom stereocenters. The molecule has 1 atom stereocenters. The lowest BCUT2D eigenvalue weighted by Crippen LogP contribution is -2.38. The van der Waals surface area contributed by atoms with Gasteiger partial charge in [-0.2, -0.15) is 0 Å². The van der Waals surface area contributed by atoms with Gasteiger partial charge in [-0.05, 0) is 44.0 Å². The molecule has 3 rings (SSSR count). The summed E-state index contributed by atoms with van der Waals surface area (Å²) in [5, 5.41) is 6.85. The van der Waals surface area contributed by atoms with E-state index in [-0.39, 0.29) is 18.3 Å². The number of hydrogen-bond donors (Lipinski definition) is 2. The van der Waals surface area contributed by atoms with E-state index in [0.717, 1.165) is 30.6 Å². The second-order valence-electron chi connectivity index (χ2n) is 5.88. The summed E-state index contributed by atoms with van der Waals surface area (Å²) < 4.78 is 20.1. The lowest BCUT2D eigenvalue weighted by atomic mass is 10.00. The summed E-state index contributed by atoms with van der Waals surface area (Å²) in [6.45, 7) is 2.87. The molecule has 1 aliphatic heterocycles. The quantitative estimate of drug-likeness (QED) is 0.883. The van der Waals surface area contributed by atoms with Gasteiger partial charge in [0, 0.05) is 29.3 Å². The first-order valence-electron chi connectivity index (χ1n) is 7.88. The second-order valence-corrected chi connectivity index (χ2v) is 6.93. The topological polar surface area (TPSA) is 50.4 Å². The lowest BCUT2D eigenvalue weighted by molar-refractivity contribution is 0.0944. The van der Waals surface area contributed by atoms with E-state index >= 15 is 0 Å². The molecule has 0 aliphatic carbocycles. The molecular formula is C17H21FN2O2S. The Kier molecular flexibility index (Phi) is 5.25. The number of fused-ring (bicyclic) bond motifs is 1. The number of methoxy groups -OCH3 is 1. The minimum Gasteiger partial charge on any atom is -0.380 e. The van der Waals surface area contributed by atoms with Crippen LogP contribution in [0.1, 0.15) is 28.1 Å². The van der Waals surface area contributed by atoms with Gasteiger partial charge in [0.15, 0.2) is 0 Å². The third-order valence-corrected chi connectivity index (χ3v) is 5.40. The predicted molar refractivity (Wildman–Crippen MR) is 90.4 cm³/mol. The molecule has 124 valence electrons. The maximum atomic E-state index is 14.1. The Balaban J connectivity index is 1.81. The number of amides is 1. The van der Waals surface area contributed by atoms with Crippen LogP contribution in [0.25, 0.3) is 10.1 Å². The number of halogens is 1. The number of hydrogen-bond acceptors (Lipinski definition) is 4. The smallest absolute Gasteiger partial charge is 0.261 e. The molecule has 2 N–H and O–H groups in total. The maximum absolute atomic E-state index is 14.1. The van der Waals surface area contributed by atoms with Crippen LogP contribution < -0.4 is 10.6 Å². The molecule has 1 amide bonds. The van der Waals surface area contributed by atoms with Crippen molar-refractivity contribution in [2.45, 2.75) is 19.4 Å². The fraction of sp³-hybridized carbons (Fsp3) is 0.471. The van der Waals surface area contributed by atoms with Crippen LogP contribution in [0.5, 0.6) is 0 Å². The van der Waals surface area contributed by atoms with Crippen molar-refractivity contribution in [1.82, 2.24) is 10.6 Å². The van der Waals surface area contributed by atoms with Gasteiger partial charge in [0.2, 0.25) is 0 Å². The van der Waals surface area contributed by atoms with Gasteiger partial charge in [-0.1, -0.05) is 6.07 Å². The number of carbonyl (C=O) groups is 1. The Morgan fingerprint density at radius 1 is 1.52 bits per heavy atom. The van der Waals surface area contributed by atoms with E-state index in [9.17, 15) is 9.18 Å². The second kappa shape index (κ2) is 7.38. The summed E-state index contributed by atoms with van der Waals surface area (Å²) in [5.74, 6) is 0.0224. The highest BCUT2D eigenvalue weighted by molar-refractivity contribution is 7.21. The highest BCUT2D eigenvalue weighted by Gasteiger charge is 2.21. The van der Waals surface area contributed by atoms with Crippen LogP contribution in [0.2, 0.25) is 0 Å². The number of piperidine rings is 1. The molecular weight excluding hydrogens is 315 g/mol. The van der Waals surface area contributed by atoms with E-state index in [1.54, 1.807) is 13.2 Å². The molecule has 0 spiro atoms. The third kappa shape index (κ3) is 3.54. The largest absolute Gasteiger partial charge is 0.380 e. The molecule has 2 heterocycles. The molecule has 2 aromatic rings. The molecule has 4 nitrogen and oxygen atoms in total. The Morgan fingerprint density at radius 2 is 2.39 bits per heavy atom. The Labute approximate surface area is 139 Å². The Morgan fingerprint density at radius 3 is 3.13 bits per heavy atom. The summed E-state index contributed by atoms with van der Waals surface area (Å²) in [5.41, 5.74) is 0.643. The van der Waals surface area contributed by atoms with E-state index in [4.69, 9.17) is 4.74 Å². The van der Waals surface area contributed by atoms with Crippen molar-refractivity contribution in [2.24, 2.45) is 5.92 Å². The number of benzene rings is 1. The molecule has 0 saturated carbocycles. The minimum absolute atomic E-state index is 0.136. The van der Waals surface area contributed by atoms with Crippen LogP contribution >= 0.6 is 11.3 Å². The summed E-state index contributed by atoms with van der Waals surface area (Å²) in [6.07, 6.45) is 2.27. The first-order valence-corrected chi connectivity index (χ1v) is 8.70. The molecule has 1 aromatic carbocycles. The standard InChI is InChI=1S/C17H21FN2O2S/c1-22-10-12-15-13(18)5-2-6-14(15)23-16(12)17(21)20-9-11-4-3-7-19-8-11/h2,5-6,11,19H,3-4,7-10H2,1H3,(H,20,21). The number of rotatable bonds is 5. The van der Waals surface area contributed by atoms with Crippen molar-refractivity contribution in [1.29, 1.82) is 0 Å². The van der Waals surface area contributed by atoms with Gasteiger partial charge in [-0.15, -0.1) is 11.3 Å². The highest BCUT2D eigenvalue weighted by Crippen LogP contribution is 2.33. The van der Waals surface area contributed by atoms with Gasteiger partial charge in [-0.3, -0.25) is 4.79 Å². The summed E-state index contributed by atoms with van der Waals surface area (Å²) in [6, 6.07) is 4.92. The van der Waals surface area contributed by atoms with Gasteiger partial charge >= 0.3 is 0 Å². The first kappa shape index (κ1) is 16.4. The van der Waals surface area contributed by atoms with Crippen LogP contribution in [0.4, 0.5) is 4.39 Å². The van der Waals surface area contributed by atoms with Crippen LogP contribution in [-0.2, 0) is 11.3 Å². The number of nitrogens with one attached hydrogen (secondary N) is 2. The van der Waals surface area contributed by atoms with Crippen molar-refractivity contribution in [3.05, 3.63) is 34.5 Å². The fourth-order valence-corrected chi connectivity index (χ4v) is 4.19. The van der Waals surface area contributed by atoms with E-state index < -0.39 is 0 Å². The molecule has 1 fully saturated rings. The Bertz CT molecular complexity index is 695. The SMILES string of the molecule is COCc1c(C(=O)NCC2CCCNC2)sc2cccc(F)c12. The molecule has 1 aromatic heterocycles. The minimum atomic E-state index is -0.304. The zero-order valence-electron chi connectivity index (χ0n) is 13.2. The number of carbonyl (C=O) groups excluding carboxylic acids is 1. The van der Waals surface area contributed by atoms with Gasteiger partial charge in [-0.25, -0.2) is 4.39 Å². The third-order valence-electron chi connectivity index (χ3n) is 4.21. The molecule has 0 bridgehead atoms. The van der Waals surface area contributed by atoms with Gasteiger partial charge in [0.1, 0.15) is 5.82 Å². The molecule has 1 aliphatic rings. The van der Waals surface area contributed by atoms with Crippen molar-refractivity contribution in [3.8, 4) is 0 Å². The zero-order valence-corrected chi connectivity index (χ0v) is 14.0. The van der Waals surface area contributed by atoms with Crippen LogP contribution in [0, 0.1) is 11.7 Å². The van der Waals surface area contributed by atoms with Gasteiger partial charge < -0.3 is 15.4 Å². The lowest BCUT2D eigenvalue weighted by Gasteiger charge is -2.22. The van der Waals surface area contributed by atoms with E-state index in [1.807, 2.05) is 6.07 Å². The molecule has 1 saturated heterocycles. The van der Waals surface area contributed by atoms with E-state index in [0.29, 0.717) is 28.3 Å². The van der Waals surface area contributed by atoms with Crippen LogP contribution in [-0.4, -0.2) is 32.7 Å². The maximum Gasteiger partial charge on any atom is 0.261 e. The summed E-state index contributed by atoms with van der Waals surface area (Å²) in [7, 11) is 1.56. The van der Waals surface area contributed by atoms with Gasteiger partial charge in [0.25, 0.3) is 5.91 Å². The first-order chi connectivity index (χ1) is 11.2. The Hall–Kier alpha value is -1.50. The average Bonchev–Trinajstić information content (AvgIpc) is 2.94. The zero-order chi connectivity index (χ0) is 16.2. The van der Waals surface area contributed by atoms with Crippen molar-refractivity contribution < 1.29 is 13.9 Å². The normalized spacial score (nSPS) is 18.3. The average molecular weight is 336 g/mol. The summed E-state index contributed by atoms with van der Waals surface area (Å²) in [4.78, 5) is 13.1. The van der Waals surface area contributed by atoms with Crippen LogP contribution in [0.15, 0.2) is 18.2 Å². The number of thiophene rings is 1. The monoisotopic (exact) mass is 336 g/mol. The summed E-state index contributed by atoms with van der Waals surface area (Å²) >= 11 is 1.33. The van der Waals surface area contributed by atoms with Crippen molar-refractivity contribution in [2.75, 3.05) is 26.7 Å². The number of ether oxygens (including phenoxy) is 1. The van der Waals surface area contributed by atoms with E-state index in [2.05, 4.69) is 10.6 Å². The van der Waals surface area contributed by atoms with Gasteiger partial charge in [0.05, 0.1) is 11.5 Å². The van der Waals surface area contributed by atoms with Crippen molar-refractivity contribution >= 4 is 27.3 Å². The molecule has 23 heavy (non-hydrogen) atoms. The molecule has 0 radical (unpaired) electrons. The predicted octanol–water partition coefficient (Wildman–Crippen LogP) is 2.92. The molecule has 6 heteroatoms. The fourth-order valence-electron chi connectivity index (χ4n) is 3.05. The highest BCUT2D eigenvalue weighted by atomic mass is 32.1. The van der Waals surface area contributed by atoms with Crippen molar-refractivity contribution in [3.63, 3.8) is 0 Å².